The highest BCUT2D eigenvalue weighted by Crippen LogP contribution is 2.40. The van der Waals surface area contributed by atoms with Crippen molar-refractivity contribution in [3.8, 4) is 0 Å². The normalized spacial score (nSPS) is 32.5. The lowest BCUT2D eigenvalue weighted by atomic mass is 9.85. The van der Waals surface area contributed by atoms with Gasteiger partial charge in [0.2, 0.25) is 5.91 Å². The molecule has 1 N–H and O–H groups in total. The fourth-order valence-electron chi connectivity index (χ4n) is 5.42. The van der Waals surface area contributed by atoms with Gasteiger partial charge in [-0.25, -0.2) is 0 Å². The molecular formula is C23H33F3N2O2S. The van der Waals surface area contributed by atoms with Gasteiger partial charge in [0.1, 0.15) is 0 Å². The van der Waals surface area contributed by atoms with Crippen molar-refractivity contribution in [3.05, 3.63) is 23.3 Å². The molecule has 0 aromatic rings. The Morgan fingerprint density at radius 1 is 1.23 bits per heavy atom. The fourth-order valence-corrected chi connectivity index (χ4v) is 6.67. The Bertz CT molecular complexity index is 718. The van der Waals surface area contributed by atoms with Crippen LogP contribution in [0.5, 0.6) is 0 Å². The molecule has 3 fully saturated rings. The minimum atomic E-state index is -4.22. The summed E-state index contributed by atoms with van der Waals surface area (Å²) in [7, 11) is 0. The largest absolute Gasteiger partial charge is 0.395 e. The SMILES string of the molecule is CCSC1C[C@@H](NC2CCOCC2)C[C@H]1C(=O)N1CCC2=CCC(C(F)(F)F)C=C2C1. The van der Waals surface area contributed by atoms with E-state index in [0.717, 1.165) is 50.2 Å². The average Bonchev–Trinajstić information content (AvgIpc) is 3.15. The molecule has 2 saturated heterocycles. The number of fused-ring (bicyclic) bond motifs is 1. The van der Waals surface area contributed by atoms with Gasteiger partial charge in [-0.2, -0.15) is 24.9 Å². The number of thioether (sulfide) groups is 1. The van der Waals surface area contributed by atoms with Crippen LogP contribution in [0.15, 0.2) is 23.3 Å². The molecule has 4 aliphatic rings. The second-order valence-electron chi connectivity index (χ2n) is 9.14. The van der Waals surface area contributed by atoms with Gasteiger partial charge in [0.15, 0.2) is 0 Å². The molecule has 4 rings (SSSR count). The van der Waals surface area contributed by atoms with Gasteiger partial charge in [-0.15, -0.1) is 0 Å². The number of nitrogens with zero attached hydrogens (tertiary/aromatic N) is 1. The minimum Gasteiger partial charge on any atom is -0.381 e. The Morgan fingerprint density at radius 3 is 2.71 bits per heavy atom. The van der Waals surface area contributed by atoms with Crippen LogP contribution in [0.3, 0.4) is 0 Å². The van der Waals surface area contributed by atoms with E-state index in [2.05, 4.69) is 12.2 Å². The molecule has 0 aromatic carbocycles. The lowest BCUT2D eigenvalue weighted by Gasteiger charge is -2.36. The number of carbonyl (C=O) groups is 1. The van der Waals surface area contributed by atoms with Crippen molar-refractivity contribution in [2.45, 2.75) is 69.0 Å². The molecule has 174 valence electrons. The quantitative estimate of drug-likeness (QED) is 0.666. The third-order valence-corrected chi connectivity index (χ3v) is 8.35. The molecule has 4 nitrogen and oxygen atoms in total. The van der Waals surface area contributed by atoms with Gasteiger partial charge in [0, 0.05) is 43.6 Å². The highest BCUT2D eigenvalue weighted by atomic mass is 32.2. The van der Waals surface area contributed by atoms with Crippen molar-refractivity contribution in [1.82, 2.24) is 10.2 Å². The molecule has 0 radical (unpaired) electrons. The zero-order chi connectivity index (χ0) is 22.0. The Hall–Kier alpha value is -0.990. The number of piperidine rings is 1. The predicted octanol–water partition coefficient (Wildman–Crippen LogP) is 4.32. The number of nitrogens with one attached hydrogen (secondary N) is 1. The summed E-state index contributed by atoms with van der Waals surface area (Å²) in [5, 5.41) is 4.03. The molecule has 4 atom stereocenters. The summed E-state index contributed by atoms with van der Waals surface area (Å²) in [4.78, 5) is 15.3. The lowest BCUT2D eigenvalue weighted by Crippen LogP contribution is -2.44. The van der Waals surface area contributed by atoms with E-state index in [1.54, 1.807) is 6.08 Å². The molecule has 8 heteroatoms. The third-order valence-electron chi connectivity index (χ3n) is 7.07. The van der Waals surface area contributed by atoms with Crippen LogP contribution in [-0.2, 0) is 9.53 Å². The average molecular weight is 459 g/mol. The first-order valence-electron chi connectivity index (χ1n) is 11.6. The van der Waals surface area contributed by atoms with Crippen LogP contribution in [0.4, 0.5) is 13.2 Å². The number of ether oxygens (including phenoxy) is 1. The Balaban J connectivity index is 1.41. The van der Waals surface area contributed by atoms with Gasteiger partial charge in [-0.1, -0.05) is 19.1 Å². The van der Waals surface area contributed by atoms with E-state index in [-0.39, 0.29) is 23.5 Å². The smallest absolute Gasteiger partial charge is 0.381 e. The monoisotopic (exact) mass is 458 g/mol. The molecular weight excluding hydrogens is 425 g/mol. The number of allylic oxidation sites excluding steroid dienone is 2. The van der Waals surface area contributed by atoms with E-state index in [4.69, 9.17) is 4.74 Å². The maximum Gasteiger partial charge on any atom is 0.395 e. The topological polar surface area (TPSA) is 41.6 Å². The zero-order valence-electron chi connectivity index (χ0n) is 18.1. The zero-order valence-corrected chi connectivity index (χ0v) is 18.9. The summed E-state index contributed by atoms with van der Waals surface area (Å²) < 4.78 is 45.1. The Kier molecular flexibility index (Phi) is 7.38. The first-order valence-corrected chi connectivity index (χ1v) is 12.6. The number of likely N-dealkylation sites (tertiary alicyclic amines) is 1. The number of halogens is 3. The third kappa shape index (κ3) is 5.50. The molecule has 2 aliphatic heterocycles. The van der Waals surface area contributed by atoms with Gasteiger partial charge in [-0.05, 0) is 55.4 Å². The predicted molar refractivity (Wildman–Crippen MR) is 117 cm³/mol. The molecule has 0 spiro atoms. The second-order valence-corrected chi connectivity index (χ2v) is 10.7. The molecule has 0 bridgehead atoms. The maximum atomic E-state index is 13.5. The van der Waals surface area contributed by atoms with Crippen LogP contribution in [0.25, 0.3) is 0 Å². The number of hydrogen-bond acceptors (Lipinski definition) is 4. The van der Waals surface area contributed by atoms with E-state index in [1.165, 1.54) is 6.08 Å². The van der Waals surface area contributed by atoms with Crippen molar-refractivity contribution in [2.75, 3.05) is 32.1 Å². The van der Waals surface area contributed by atoms with Gasteiger partial charge in [-0.3, -0.25) is 4.79 Å². The van der Waals surface area contributed by atoms with Gasteiger partial charge in [0.25, 0.3) is 0 Å². The number of carbonyl (C=O) groups excluding carboxylic acids is 1. The number of amides is 1. The van der Waals surface area contributed by atoms with E-state index in [9.17, 15) is 18.0 Å². The van der Waals surface area contributed by atoms with Gasteiger partial charge >= 0.3 is 6.18 Å². The highest BCUT2D eigenvalue weighted by molar-refractivity contribution is 7.99. The van der Waals surface area contributed by atoms with Crippen molar-refractivity contribution in [3.63, 3.8) is 0 Å². The van der Waals surface area contributed by atoms with Crippen molar-refractivity contribution >= 4 is 17.7 Å². The molecule has 1 saturated carbocycles. The van der Waals surface area contributed by atoms with Crippen LogP contribution >= 0.6 is 11.8 Å². The summed E-state index contributed by atoms with van der Waals surface area (Å²) in [6, 6.07) is 0.777. The molecule has 2 aliphatic carbocycles. The molecule has 2 unspecified atom stereocenters. The number of rotatable bonds is 5. The fraction of sp³-hybridized carbons (Fsp3) is 0.783. The first kappa shape index (κ1) is 23.2. The van der Waals surface area contributed by atoms with Crippen molar-refractivity contribution < 1.29 is 22.7 Å². The van der Waals surface area contributed by atoms with E-state index < -0.39 is 12.1 Å². The molecule has 31 heavy (non-hydrogen) atoms. The molecule has 1 amide bonds. The van der Waals surface area contributed by atoms with E-state index >= 15 is 0 Å². The summed E-state index contributed by atoms with van der Waals surface area (Å²) >= 11 is 1.84. The Labute approximate surface area is 187 Å². The van der Waals surface area contributed by atoms with Crippen LogP contribution in [0.2, 0.25) is 0 Å². The second kappa shape index (κ2) is 9.87. The lowest BCUT2D eigenvalue weighted by molar-refractivity contribution is -0.160. The number of hydrogen-bond donors (Lipinski definition) is 1. The highest BCUT2D eigenvalue weighted by Gasteiger charge is 2.43. The van der Waals surface area contributed by atoms with Crippen LogP contribution in [0, 0.1) is 11.8 Å². The molecule has 2 heterocycles. The van der Waals surface area contributed by atoms with Crippen molar-refractivity contribution in [1.29, 1.82) is 0 Å². The standard InChI is InChI=1S/C23H33F3N2O2S/c1-2-31-21-13-19(27-18-6-9-30-10-7-18)12-20(21)22(29)28-8-5-15-3-4-17(23(24,25)26)11-16(15)14-28/h3,11,17-21,27H,2,4-10,12-14H2,1H3/t17?,19-,20+,21?/m0/s1. The van der Waals surface area contributed by atoms with Crippen LogP contribution in [0.1, 0.15) is 45.4 Å². The molecule has 0 aromatic heterocycles. The summed E-state index contributed by atoms with van der Waals surface area (Å²) in [5.74, 6) is -0.403. The maximum absolute atomic E-state index is 13.5. The van der Waals surface area contributed by atoms with E-state index in [1.807, 2.05) is 16.7 Å². The van der Waals surface area contributed by atoms with Crippen molar-refractivity contribution in [2.24, 2.45) is 11.8 Å². The summed E-state index contributed by atoms with van der Waals surface area (Å²) in [6.07, 6.45) is 3.36. The summed E-state index contributed by atoms with van der Waals surface area (Å²) in [6.45, 7) is 4.62. The Morgan fingerprint density at radius 2 is 2.00 bits per heavy atom. The van der Waals surface area contributed by atoms with Gasteiger partial charge < -0.3 is 15.0 Å². The number of alkyl halides is 3. The van der Waals surface area contributed by atoms with Gasteiger partial charge in [0.05, 0.1) is 11.8 Å². The summed E-state index contributed by atoms with van der Waals surface area (Å²) in [5.41, 5.74) is 1.69. The minimum absolute atomic E-state index is 0.0215. The van der Waals surface area contributed by atoms with Crippen LogP contribution < -0.4 is 5.32 Å². The first-order chi connectivity index (χ1) is 14.8. The van der Waals surface area contributed by atoms with E-state index in [0.29, 0.717) is 37.2 Å². The van der Waals surface area contributed by atoms with Crippen LogP contribution in [-0.4, -0.2) is 66.4 Å².